The molecule has 3 heterocycles. The number of benzene rings is 6. The van der Waals surface area contributed by atoms with Crippen LogP contribution < -0.4 is 21.1 Å². The van der Waals surface area contributed by atoms with Crippen LogP contribution >= 0.6 is 0 Å². The normalized spacial score (nSPS) is 24.2. The summed E-state index contributed by atoms with van der Waals surface area (Å²) in [4.78, 5) is 2.71. The molecule has 4 heteroatoms. The molecular formula is C70H75BN2O. The molecule has 3 nitrogen and oxygen atoms in total. The molecule has 5 aliphatic carbocycles. The average molecular weight is 971 g/mol. The maximum Gasteiger partial charge on any atom is 0.199 e. The van der Waals surface area contributed by atoms with Gasteiger partial charge in [0.25, 0.3) is 0 Å². The van der Waals surface area contributed by atoms with E-state index in [1.807, 2.05) is 0 Å². The lowest BCUT2D eigenvalue weighted by molar-refractivity contribution is 0.258. The number of allylic oxidation sites excluding steroid dienone is 5. The summed E-state index contributed by atoms with van der Waals surface area (Å²) in [5.41, 5.74) is 29.0. The minimum Gasteiger partial charge on any atom is -0.454 e. The summed E-state index contributed by atoms with van der Waals surface area (Å²) in [6.45, 7) is 34.8. The Bertz CT molecular complexity index is 3780. The van der Waals surface area contributed by atoms with Gasteiger partial charge in [0.2, 0.25) is 0 Å². The number of anilines is 4. The second kappa shape index (κ2) is 14.7. The summed E-state index contributed by atoms with van der Waals surface area (Å²) in [5.74, 6) is 0.0485. The van der Waals surface area contributed by atoms with E-state index in [4.69, 9.17) is 4.42 Å². The molecule has 0 saturated heterocycles. The fourth-order valence-electron chi connectivity index (χ4n) is 15.9. The first-order chi connectivity index (χ1) is 34.9. The van der Waals surface area contributed by atoms with E-state index in [-0.39, 0.29) is 38.4 Å². The Hall–Kier alpha value is -6.00. The van der Waals surface area contributed by atoms with E-state index in [1.165, 1.54) is 124 Å². The number of hydrogen-bond donors (Lipinski definition) is 1. The Morgan fingerprint density at radius 3 is 1.84 bits per heavy atom. The largest absolute Gasteiger partial charge is 0.454 e. The molecule has 1 aromatic heterocycles. The number of para-hydroxylation sites is 1. The van der Waals surface area contributed by atoms with Gasteiger partial charge in [-0.05, 0) is 193 Å². The molecule has 2 aliphatic heterocycles. The van der Waals surface area contributed by atoms with Crippen LogP contribution in [-0.4, -0.2) is 7.28 Å². The van der Waals surface area contributed by atoms with Crippen molar-refractivity contribution in [2.45, 2.75) is 163 Å². The van der Waals surface area contributed by atoms with Gasteiger partial charge >= 0.3 is 0 Å². The molecular weight excluding hydrogens is 896 g/mol. The maximum absolute atomic E-state index is 7.35. The third kappa shape index (κ3) is 6.21. The van der Waals surface area contributed by atoms with Crippen molar-refractivity contribution in [3.63, 3.8) is 0 Å². The van der Waals surface area contributed by atoms with Crippen LogP contribution in [0, 0.1) is 23.7 Å². The summed E-state index contributed by atoms with van der Waals surface area (Å²) >= 11 is 0. The Kier molecular flexibility index (Phi) is 9.23. The predicted octanol–water partition coefficient (Wildman–Crippen LogP) is 17.4. The Labute approximate surface area is 441 Å². The second-order valence-corrected chi connectivity index (χ2v) is 28.3. The van der Waals surface area contributed by atoms with Gasteiger partial charge in [0, 0.05) is 50.4 Å². The number of nitrogens with one attached hydrogen (secondary N) is 1. The van der Waals surface area contributed by atoms with Crippen LogP contribution in [0.3, 0.4) is 0 Å². The third-order valence-corrected chi connectivity index (χ3v) is 20.9. The lowest BCUT2D eigenvalue weighted by Gasteiger charge is -2.45. The Morgan fingerprint density at radius 2 is 1.12 bits per heavy atom. The zero-order chi connectivity index (χ0) is 51.6. The van der Waals surface area contributed by atoms with E-state index in [2.05, 4.69) is 216 Å². The molecule has 1 N–H and O–H groups in total. The molecule has 4 bridgehead atoms. The fourth-order valence-corrected chi connectivity index (χ4v) is 15.9. The van der Waals surface area contributed by atoms with Crippen LogP contribution in [0.2, 0.25) is 0 Å². The number of furan rings is 1. The smallest absolute Gasteiger partial charge is 0.199 e. The van der Waals surface area contributed by atoms with Crippen LogP contribution in [0.4, 0.5) is 22.7 Å². The van der Waals surface area contributed by atoms with Crippen molar-refractivity contribution < 1.29 is 4.42 Å². The van der Waals surface area contributed by atoms with Crippen LogP contribution in [0.5, 0.6) is 0 Å². The van der Waals surface area contributed by atoms with Crippen molar-refractivity contribution >= 4 is 62.9 Å². The lowest BCUT2D eigenvalue weighted by Crippen LogP contribution is -2.46. The van der Waals surface area contributed by atoms with E-state index in [0.29, 0.717) is 0 Å². The van der Waals surface area contributed by atoms with E-state index in [1.54, 1.807) is 0 Å². The predicted molar refractivity (Wildman–Crippen MR) is 316 cm³/mol. The van der Waals surface area contributed by atoms with Gasteiger partial charge in [-0.2, -0.15) is 0 Å². The van der Waals surface area contributed by atoms with E-state index >= 15 is 0 Å². The van der Waals surface area contributed by atoms with Gasteiger partial charge in [-0.15, -0.1) is 0 Å². The first kappa shape index (κ1) is 46.5. The summed E-state index contributed by atoms with van der Waals surface area (Å²) < 4.78 is 7.35. The first-order valence-corrected chi connectivity index (χ1v) is 28.2. The highest BCUT2D eigenvalue weighted by atomic mass is 16.3. The molecule has 7 aliphatic rings. The Morgan fingerprint density at radius 1 is 0.514 bits per heavy atom. The van der Waals surface area contributed by atoms with Crippen molar-refractivity contribution in [3.05, 3.63) is 165 Å². The first-order valence-electron chi connectivity index (χ1n) is 28.2. The van der Waals surface area contributed by atoms with Gasteiger partial charge in [-0.25, -0.2) is 0 Å². The quantitative estimate of drug-likeness (QED) is 0.166. The van der Waals surface area contributed by atoms with Gasteiger partial charge < -0.3 is 14.6 Å². The fraction of sp³-hybridized carbons (Fsp3) is 0.400. The highest BCUT2D eigenvalue weighted by Gasteiger charge is 2.51. The molecule has 6 aromatic carbocycles. The number of nitrogens with zero attached hydrogens (tertiary/aromatic N) is 1. The average Bonchev–Trinajstić information content (AvgIpc) is 3.76. The van der Waals surface area contributed by atoms with Crippen LogP contribution in [-0.2, 0) is 27.1 Å². The van der Waals surface area contributed by atoms with Gasteiger partial charge in [0.15, 0.2) is 12.9 Å². The molecule has 7 aromatic rings. The van der Waals surface area contributed by atoms with Crippen molar-refractivity contribution in [3.8, 4) is 22.3 Å². The van der Waals surface area contributed by atoms with Crippen molar-refractivity contribution in [1.29, 1.82) is 0 Å². The van der Waals surface area contributed by atoms with Gasteiger partial charge in [-0.3, -0.25) is 0 Å². The monoisotopic (exact) mass is 971 g/mol. The second-order valence-electron chi connectivity index (χ2n) is 28.3. The van der Waals surface area contributed by atoms with Crippen LogP contribution in [0.1, 0.15) is 167 Å². The molecule has 0 amide bonds. The van der Waals surface area contributed by atoms with Gasteiger partial charge in [0.05, 0.1) is 5.69 Å². The number of aryl methyl sites for hydroxylation is 1. The van der Waals surface area contributed by atoms with Crippen molar-refractivity contribution in [2.75, 3.05) is 10.2 Å². The molecule has 0 radical (unpaired) electrons. The summed E-state index contributed by atoms with van der Waals surface area (Å²) in [7, 11) is 0.784. The molecule has 1 saturated carbocycles. The highest BCUT2D eigenvalue weighted by molar-refractivity contribution is 6.74. The molecule has 1 fully saturated rings. The SMILES string of the molecule is Cc1cc2c(cc1N1c3ccc4c5c3Bc3c(cc6c(oc7ccccc76)c31)-c1cc3c(cc1NC1=CC(C=C6C(=C1)C(C)(C)CCC6(C)C)C5(C)c1ccccc1-4)C(C)(C)CCC3(C)C)C(C)(C)CCC2(C)C. The van der Waals surface area contributed by atoms with Crippen molar-refractivity contribution in [2.24, 2.45) is 16.7 Å². The number of rotatable bonds is 1. The van der Waals surface area contributed by atoms with Crippen LogP contribution in [0.15, 0.2) is 130 Å². The molecule has 0 spiro atoms. The zero-order valence-electron chi connectivity index (χ0n) is 46.8. The third-order valence-electron chi connectivity index (χ3n) is 20.9. The highest BCUT2D eigenvalue weighted by Crippen LogP contribution is 2.61. The van der Waals surface area contributed by atoms with E-state index < -0.39 is 5.41 Å². The van der Waals surface area contributed by atoms with E-state index in [9.17, 15) is 0 Å². The maximum atomic E-state index is 7.35. The minimum atomic E-state index is -0.397. The van der Waals surface area contributed by atoms with Crippen molar-refractivity contribution in [1.82, 2.24) is 0 Å². The topological polar surface area (TPSA) is 28.4 Å². The molecule has 374 valence electrons. The zero-order valence-corrected chi connectivity index (χ0v) is 46.8. The summed E-state index contributed by atoms with van der Waals surface area (Å²) in [6, 6.07) is 36.2. The molecule has 2 unspecified atom stereocenters. The van der Waals surface area contributed by atoms with E-state index in [0.717, 1.165) is 55.9 Å². The lowest BCUT2D eigenvalue weighted by atomic mass is 9.53. The summed E-state index contributed by atoms with van der Waals surface area (Å²) in [5, 5.41) is 6.73. The molecule has 2 atom stereocenters. The Balaban J connectivity index is 1.19. The number of fused-ring (bicyclic) bond motifs is 14. The van der Waals surface area contributed by atoms with Gasteiger partial charge in [0.1, 0.15) is 5.58 Å². The standard InChI is InChI=1S/C70H75BN2O/c1-39-31-49-54(69(12,13)30-25-64(49,2)3)38-57(39)73-56-24-23-44-42-19-15-17-21-48(42)70(14)40-32-41(34-51-50(33-40)65(4,5)26-27-66(51,6)7)72-55-37-53-52(67(8,9)28-29-68(53,10)11)36-45(55)46-35-47-43-20-16-18-22-58(43)74-63(47)62(73)60(46)71-61(56)59(44)70/h15-24,31-38,40,71-72H,25-30H2,1-14H3. The molecule has 14 rings (SSSR count). The molecule has 74 heavy (non-hydrogen) atoms. The van der Waals surface area contributed by atoms with Gasteiger partial charge in [-0.1, -0.05) is 162 Å². The summed E-state index contributed by atoms with van der Waals surface area (Å²) in [6.07, 6.45) is 15.0. The minimum absolute atomic E-state index is 0.00905. The van der Waals surface area contributed by atoms with Crippen LogP contribution in [0.25, 0.3) is 44.2 Å². The number of hydrogen-bond acceptors (Lipinski definition) is 3.